The van der Waals surface area contributed by atoms with Crippen LogP contribution in [0.25, 0.3) is 15.9 Å². The van der Waals surface area contributed by atoms with Gasteiger partial charge in [0.1, 0.15) is 4.83 Å². The monoisotopic (exact) mass is 467 g/mol. The van der Waals surface area contributed by atoms with E-state index in [2.05, 4.69) is 0 Å². The molecule has 0 saturated heterocycles. The van der Waals surface area contributed by atoms with E-state index in [4.69, 9.17) is 11.6 Å². The smallest absolute Gasteiger partial charge is 0.337 e. The summed E-state index contributed by atoms with van der Waals surface area (Å²) >= 11 is 7.53. The standard InChI is InChI=1S/C24H22ClN3O3S/c1-14-8-7-9-16(12-14)13-27-23-19(15(2)20(32-23)22(30)26(3)4)21(29)28(24(27)31)18-11-6-5-10-17(18)25/h5-12H,13H2,1-4H3. The van der Waals surface area contributed by atoms with Crippen LogP contribution in [0.15, 0.2) is 58.1 Å². The molecule has 0 aliphatic heterocycles. The molecule has 1 amide bonds. The molecular weight excluding hydrogens is 446 g/mol. The summed E-state index contributed by atoms with van der Waals surface area (Å²) in [5.41, 5.74) is 1.89. The lowest BCUT2D eigenvalue weighted by Crippen LogP contribution is -2.39. The Balaban J connectivity index is 2.11. The number of hydrogen-bond acceptors (Lipinski definition) is 4. The van der Waals surface area contributed by atoms with E-state index in [0.717, 1.165) is 15.7 Å². The van der Waals surface area contributed by atoms with Crippen LogP contribution >= 0.6 is 22.9 Å². The third-order valence-electron chi connectivity index (χ3n) is 5.33. The molecule has 6 nitrogen and oxygen atoms in total. The van der Waals surface area contributed by atoms with Crippen LogP contribution in [0.4, 0.5) is 0 Å². The van der Waals surface area contributed by atoms with Gasteiger partial charge < -0.3 is 4.90 Å². The molecule has 0 atom stereocenters. The van der Waals surface area contributed by atoms with Gasteiger partial charge in [-0.05, 0) is 37.1 Å². The third kappa shape index (κ3) is 3.67. The Hall–Kier alpha value is -3.16. The number of rotatable bonds is 4. The van der Waals surface area contributed by atoms with Gasteiger partial charge in [0.2, 0.25) is 0 Å². The van der Waals surface area contributed by atoms with Crippen molar-refractivity contribution in [2.24, 2.45) is 0 Å². The molecule has 2 aromatic heterocycles. The number of aromatic nitrogens is 2. The first-order valence-electron chi connectivity index (χ1n) is 10.0. The highest BCUT2D eigenvalue weighted by Crippen LogP contribution is 2.30. The minimum Gasteiger partial charge on any atom is -0.344 e. The van der Waals surface area contributed by atoms with Crippen LogP contribution in [-0.4, -0.2) is 34.0 Å². The molecule has 0 radical (unpaired) electrons. The van der Waals surface area contributed by atoms with E-state index < -0.39 is 11.2 Å². The summed E-state index contributed by atoms with van der Waals surface area (Å²) in [6.07, 6.45) is 0. The fourth-order valence-electron chi connectivity index (χ4n) is 3.73. The molecule has 4 rings (SSSR count). The predicted molar refractivity (Wildman–Crippen MR) is 130 cm³/mol. The predicted octanol–water partition coefficient (Wildman–Crippen LogP) is 4.23. The van der Waals surface area contributed by atoms with Crippen LogP contribution < -0.4 is 11.2 Å². The van der Waals surface area contributed by atoms with Gasteiger partial charge in [-0.25, -0.2) is 9.36 Å². The van der Waals surface area contributed by atoms with Gasteiger partial charge in [0, 0.05) is 14.1 Å². The van der Waals surface area contributed by atoms with E-state index in [-0.39, 0.29) is 12.5 Å². The largest absolute Gasteiger partial charge is 0.344 e. The molecule has 0 N–H and O–H groups in total. The van der Waals surface area contributed by atoms with Gasteiger partial charge in [-0.2, -0.15) is 0 Å². The highest BCUT2D eigenvalue weighted by Gasteiger charge is 2.25. The summed E-state index contributed by atoms with van der Waals surface area (Å²) in [6.45, 7) is 3.99. The number of thiophene rings is 1. The third-order valence-corrected chi connectivity index (χ3v) is 6.95. The Morgan fingerprint density at radius 2 is 1.78 bits per heavy atom. The molecule has 2 heterocycles. The van der Waals surface area contributed by atoms with E-state index in [9.17, 15) is 14.4 Å². The Kier molecular flexibility index (Phi) is 5.79. The number of amides is 1. The summed E-state index contributed by atoms with van der Waals surface area (Å²) < 4.78 is 2.66. The van der Waals surface area contributed by atoms with Crippen molar-refractivity contribution in [2.75, 3.05) is 14.1 Å². The maximum absolute atomic E-state index is 13.6. The second-order valence-corrected chi connectivity index (χ2v) is 9.29. The van der Waals surface area contributed by atoms with Crippen molar-refractivity contribution in [3.05, 3.63) is 96.0 Å². The normalized spacial score (nSPS) is 11.2. The van der Waals surface area contributed by atoms with Crippen LogP contribution in [-0.2, 0) is 6.54 Å². The van der Waals surface area contributed by atoms with Crippen LogP contribution in [0.3, 0.4) is 0 Å². The highest BCUT2D eigenvalue weighted by molar-refractivity contribution is 7.20. The molecule has 8 heteroatoms. The number of aryl methyl sites for hydroxylation is 2. The van der Waals surface area contributed by atoms with Gasteiger partial charge in [-0.15, -0.1) is 11.3 Å². The van der Waals surface area contributed by atoms with Gasteiger partial charge in [-0.1, -0.05) is 53.6 Å². The maximum atomic E-state index is 13.6. The minimum atomic E-state index is -0.498. The average Bonchev–Trinajstić information content (AvgIpc) is 3.09. The molecule has 0 bridgehead atoms. The quantitative estimate of drug-likeness (QED) is 0.451. The second kappa shape index (κ2) is 8.41. The molecular formula is C24H22ClN3O3S. The average molecular weight is 468 g/mol. The van der Waals surface area contributed by atoms with E-state index >= 15 is 0 Å². The zero-order chi connectivity index (χ0) is 23.2. The molecule has 32 heavy (non-hydrogen) atoms. The lowest BCUT2D eigenvalue weighted by molar-refractivity contribution is 0.0831. The first kappa shape index (κ1) is 22.0. The lowest BCUT2D eigenvalue weighted by atomic mass is 10.1. The van der Waals surface area contributed by atoms with E-state index in [1.807, 2.05) is 31.2 Å². The van der Waals surface area contributed by atoms with Crippen LogP contribution in [0.5, 0.6) is 0 Å². The molecule has 0 unspecified atom stereocenters. The van der Waals surface area contributed by atoms with Crippen molar-refractivity contribution < 1.29 is 4.79 Å². The van der Waals surface area contributed by atoms with Gasteiger partial charge in [0.05, 0.1) is 27.5 Å². The van der Waals surface area contributed by atoms with E-state index in [1.165, 1.54) is 16.2 Å². The molecule has 0 saturated carbocycles. The molecule has 164 valence electrons. The summed E-state index contributed by atoms with van der Waals surface area (Å²) in [5.74, 6) is -0.207. The number of halogens is 1. The summed E-state index contributed by atoms with van der Waals surface area (Å²) in [5, 5.41) is 0.651. The molecule has 0 aliphatic carbocycles. The number of benzene rings is 2. The van der Waals surface area contributed by atoms with Crippen molar-refractivity contribution in [2.45, 2.75) is 20.4 Å². The van der Waals surface area contributed by atoms with Crippen molar-refractivity contribution in [1.29, 1.82) is 0 Å². The molecule has 0 aliphatic rings. The lowest BCUT2D eigenvalue weighted by Gasteiger charge is -2.13. The summed E-state index contributed by atoms with van der Waals surface area (Å²) in [7, 11) is 3.32. The SMILES string of the molecule is Cc1cccc(Cn2c(=O)n(-c3ccccc3Cl)c(=O)c3c(C)c(C(=O)N(C)C)sc32)c1. The Morgan fingerprint density at radius 3 is 2.44 bits per heavy atom. The van der Waals surface area contributed by atoms with Crippen LogP contribution in [0, 0.1) is 13.8 Å². The fraction of sp³-hybridized carbons (Fsp3) is 0.208. The summed E-state index contributed by atoms with van der Waals surface area (Å²) in [6, 6.07) is 14.6. The topological polar surface area (TPSA) is 64.3 Å². The fourth-order valence-corrected chi connectivity index (χ4v) is 5.27. The van der Waals surface area contributed by atoms with Crippen molar-refractivity contribution in [1.82, 2.24) is 14.0 Å². The summed E-state index contributed by atoms with van der Waals surface area (Å²) in [4.78, 5) is 42.4. The van der Waals surface area contributed by atoms with Crippen LogP contribution in [0.1, 0.15) is 26.4 Å². The Morgan fingerprint density at radius 1 is 1.06 bits per heavy atom. The Bertz CT molecular complexity index is 1480. The first-order chi connectivity index (χ1) is 15.2. The molecule has 0 fully saturated rings. The van der Waals surface area contributed by atoms with Gasteiger partial charge >= 0.3 is 5.69 Å². The van der Waals surface area contributed by atoms with Gasteiger partial charge in [-0.3, -0.25) is 14.2 Å². The van der Waals surface area contributed by atoms with Crippen molar-refractivity contribution >= 4 is 39.1 Å². The number of hydrogen-bond donors (Lipinski definition) is 0. The zero-order valence-electron chi connectivity index (χ0n) is 18.2. The minimum absolute atomic E-state index is 0.207. The number of carbonyl (C=O) groups is 1. The number of para-hydroxylation sites is 1. The maximum Gasteiger partial charge on any atom is 0.337 e. The van der Waals surface area contributed by atoms with E-state index in [1.54, 1.807) is 49.9 Å². The first-order valence-corrected chi connectivity index (χ1v) is 11.2. The van der Waals surface area contributed by atoms with Gasteiger partial charge in [0.25, 0.3) is 11.5 Å². The molecule has 0 spiro atoms. The number of nitrogens with zero attached hydrogens (tertiary/aromatic N) is 3. The van der Waals surface area contributed by atoms with Crippen molar-refractivity contribution in [3.63, 3.8) is 0 Å². The number of carbonyl (C=O) groups excluding carboxylic acids is 1. The van der Waals surface area contributed by atoms with E-state index in [0.29, 0.717) is 31.4 Å². The van der Waals surface area contributed by atoms with Crippen molar-refractivity contribution in [3.8, 4) is 5.69 Å². The van der Waals surface area contributed by atoms with Crippen LogP contribution in [0.2, 0.25) is 5.02 Å². The Labute approximate surface area is 193 Å². The van der Waals surface area contributed by atoms with Gasteiger partial charge in [0.15, 0.2) is 0 Å². The molecule has 2 aromatic carbocycles. The molecule has 4 aromatic rings. The second-order valence-electron chi connectivity index (χ2n) is 7.89. The highest BCUT2D eigenvalue weighted by atomic mass is 35.5. The zero-order valence-corrected chi connectivity index (χ0v) is 19.8. The number of fused-ring (bicyclic) bond motifs is 1.